The summed E-state index contributed by atoms with van der Waals surface area (Å²) in [5, 5.41) is 2.54. The van der Waals surface area contributed by atoms with E-state index in [1.54, 1.807) is 42.5 Å². The Kier molecular flexibility index (Phi) is 7.17. The molecule has 1 N–H and O–H groups in total. The molecular weight excluding hydrogens is 468 g/mol. The van der Waals surface area contributed by atoms with Gasteiger partial charge in [-0.15, -0.1) is 0 Å². The van der Waals surface area contributed by atoms with Crippen molar-refractivity contribution in [3.05, 3.63) is 94.0 Å². The molecule has 1 saturated heterocycles. The summed E-state index contributed by atoms with van der Waals surface area (Å²) in [4.78, 5) is 38.9. The number of carbonyl (C=O) groups excluding carboxylic acids is 3. The highest BCUT2D eigenvalue weighted by Crippen LogP contribution is 2.29. The zero-order valence-corrected chi connectivity index (χ0v) is 20.0. The lowest BCUT2D eigenvalue weighted by molar-refractivity contribution is -0.122. The number of halogens is 1. The molecule has 1 fully saturated rings. The summed E-state index contributed by atoms with van der Waals surface area (Å²) < 4.78 is 11.2. The van der Waals surface area contributed by atoms with Crippen LogP contribution < -0.4 is 19.7 Å². The Morgan fingerprint density at radius 2 is 1.74 bits per heavy atom. The first-order valence-electron chi connectivity index (χ1n) is 11.0. The molecule has 0 aromatic heterocycles. The first kappa shape index (κ1) is 24.0. The van der Waals surface area contributed by atoms with Crippen LogP contribution >= 0.6 is 11.6 Å². The number of ether oxygens (including phenoxy) is 2. The molecule has 0 saturated carbocycles. The van der Waals surface area contributed by atoms with E-state index in [4.69, 9.17) is 21.1 Å². The van der Waals surface area contributed by atoms with Crippen LogP contribution in [0.1, 0.15) is 23.6 Å². The van der Waals surface area contributed by atoms with Crippen molar-refractivity contribution in [2.75, 3.05) is 11.5 Å². The molecule has 1 aliphatic rings. The molecule has 4 rings (SSSR count). The van der Waals surface area contributed by atoms with Gasteiger partial charge in [-0.05, 0) is 67.4 Å². The molecule has 1 heterocycles. The SMILES string of the molecule is CCOc1ccc(N2C(=O)NC(=O)/C(=C\c3ccc(OCc4cccc(C)c4)c(Cl)c3)C2=O)cc1. The molecule has 7 nitrogen and oxygen atoms in total. The van der Waals surface area contributed by atoms with Crippen LogP contribution in [0.2, 0.25) is 5.02 Å². The van der Waals surface area contributed by atoms with Gasteiger partial charge in [0.25, 0.3) is 11.8 Å². The molecule has 35 heavy (non-hydrogen) atoms. The molecule has 8 heteroatoms. The summed E-state index contributed by atoms with van der Waals surface area (Å²) in [6, 6.07) is 18.5. The zero-order chi connectivity index (χ0) is 24.9. The molecule has 0 spiro atoms. The van der Waals surface area contributed by atoms with Crippen molar-refractivity contribution in [2.24, 2.45) is 0 Å². The Balaban J connectivity index is 1.54. The number of aryl methyl sites for hydroxylation is 1. The fraction of sp³-hybridized carbons (Fsp3) is 0.148. The van der Waals surface area contributed by atoms with Gasteiger partial charge in [-0.2, -0.15) is 0 Å². The van der Waals surface area contributed by atoms with Crippen molar-refractivity contribution < 1.29 is 23.9 Å². The van der Waals surface area contributed by atoms with E-state index in [-0.39, 0.29) is 5.57 Å². The first-order valence-corrected chi connectivity index (χ1v) is 11.4. The predicted molar refractivity (Wildman–Crippen MR) is 134 cm³/mol. The lowest BCUT2D eigenvalue weighted by atomic mass is 10.1. The number of barbiturate groups is 1. The maximum atomic E-state index is 13.1. The van der Waals surface area contributed by atoms with Gasteiger partial charge in [-0.1, -0.05) is 47.5 Å². The molecular formula is C27H23ClN2O5. The minimum atomic E-state index is -0.820. The van der Waals surface area contributed by atoms with Gasteiger partial charge in [0.1, 0.15) is 23.7 Å². The molecule has 0 radical (unpaired) electrons. The van der Waals surface area contributed by atoms with Gasteiger partial charge in [-0.3, -0.25) is 14.9 Å². The predicted octanol–water partition coefficient (Wildman–Crippen LogP) is 5.29. The number of imide groups is 2. The van der Waals surface area contributed by atoms with Crippen molar-refractivity contribution in [3.8, 4) is 11.5 Å². The van der Waals surface area contributed by atoms with Gasteiger partial charge >= 0.3 is 6.03 Å². The third-order valence-corrected chi connectivity index (χ3v) is 5.55. The van der Waals surface area contributed by atoms with Crippen molar-refractivity contribution in [1.82, 2.24) is 5.32 Å². The number of benzene rings is 3. The van der Waals surface area contributed by atoms with Gasteiger partial charge in [0.05, 0.1) is 17.3 Å². The fourth-order valence-electron chi connectivity index (χ4n) is 3.60. The Morgan fingerprint density at radius 1 is 0.971 bits per heavy atom. The summed E-state index contributed by atoms with van der Waals surface area (Å²) in [5.41, 5.74) is 2.77. The van der Waals surface area contributed by atoms with Crippen molar-refractivity contribution in [2.45, 2.75) is 20.5 Å². The van der Waals surface area contributed by atoms with E-state index < -0.39 is 17.8 Å². The topological polar surface area (TPSA) is 84.9 Å². The van der Waals surface area contributed by atoms with Crippen molar-refractivity contribution >= 4 is 41.2 Å². The number of nitrogens with one attached hydrogen (secondary N) is 1. The molecule has 0 atom stereocenters. The van der Waals surface area contributed by atoms with Crippen LogP contribution in [0.25, 0.3) is 6.08 Å². The minimum Gasteiger partial charge on any atom is -0.494 e. The Labute approximate surface area is 207 Å². The molecule has 3 aromatic carbocycles. The molecule has 0 aliphatic carbocycles. The van der Waals surface area contributed by atoms with Crippen LogP contribution in [0.5, 0.6) is 11.5 Å². The molecule has 3 aromatic rings. The van der Waals surface area contributed by atoms with E-state index in [0.717, 1.165) is 16.0 Å². The van der Waals surface area contributed by atoms with Gasteiger partial charge in [0.2, 0.25) is 0 Å². The normalized spacial score (nSPS) is 14.8. The third-order valence-electron chi connectivity index (χ3n) is 5.25. The number of hydrogen-bond donors (Lipinski definition) is 1. The van der Waals surface area contributed by atoms with Crippen LogP contribution in [0.15, 0.2) is 72.3 Å². The van der Waals surface area contributed by atoms with E-state index in [0.29, 0.717) is 41.0 Å². The average Bonchev–Trinajstić information content (AvgIpc) is 2.82. The smallest absolute Gasteiger partial charge is 0.335 e. The average molecular weight is 491 g/mol. The Hall–Kier alpha value is -4.10. The quantitative estimate of drug-likeness (QED) is 0.359. The fourth-order valence-corrected chi connectivity index (χ4v) is 3.85. The lowest BCUT2D eigenvalue weighted by Gasteiger charge is -2.26. The summed E-state index contributed by atoms with van der Waals surface area (Å²) in [6.07, 6.45) is 1.39. The number of rotatable bonds is 7. The van der Waals surface area contributed by atoms with Gasteiger partial charge < -0.3 is 9.47 Å². The summed E-state index contributed by atoms with van der Waals surface area (Å²) in [6.45, 7) is 4.70. The second-order valence-corrected chi connectivity index (χ2v) is 8.26. The second kappa shape index (κ2) is 10.4. The molecule has 178 valence electrons. The Bertz CT molecular complexity index is 1320. The van der Waals surface area contributed by atoms with Crippen LogP contribution in [-0.2, 0) is 16.2 Å². The third kappa shape index (κ3) is 5.53. The molecule has 4 amide bonds. The van der Waals surface area contributed by atoms with E-state index in [1.807, 2.05) is 38.1 Å². The monoisotopic (exact) mass is 490 g/mol. The Morgan fingerprint density at radius 3 is 2.43 bits per heavy atom. The number of amides is 4. The van der Waals surface area contributed by atoms with Gasteiger partial charge in [0.15, 0.2) is 0 Å². The minimum absolute atomic E-state index is 0.192. The van der Waals surface area contributed by atoms with E-state index >= 15 is 0 Å². The number of nitrogens with zero attached hydrogens (tertiary/aromatic N) is 1. The zero-order valence-electron chi connectivity index (χ0n) is 19.2. The second-order valence-electron chi connectivity index (χ2n) is 7.85. The summed E-state index contributed by atoms with van der Waals surface area (Å²) in [5.74, 6) is -0.440. The van der Waals surface area contributed by atoms with Gasteiger partial charge in [0, 0.05) is 0 Å². The van der Waals surface area contributed by atoms with Gasteiger partial charge in [-0.25, -0.2) is 9.69 Å². The molecule has 0 unspecified atom stereocenters. The maximum absolute atomic E-state index is 13.1. The standard InChI is InChI=1S/C27H23ClN2O5/c1-3-34-21-10-8-20(9-11-21)30-26(32)22(25(31)29-27(30)33)14-18-7-12-24(23(28)15-18)35-16-19-6-4-5-17(2)13-19/h4-15H,3,16H2,1-2H3,(H,29,31,33)/b22-14+. The van der Waals surface area contributed by atoms with E-state index in [9.17, 15) is 14.4 Å². The van der Waals surface area contributed by atoms with Crippen LogP contribution in [0.3, 0.4) is 0 Å². The number of hydrogen-bond acceptors (Lipinski definition) is 5. The lowest BCUT2D eigenvalue weighted by Crippen LogP contribution is -2.54. The number of carbonyl (C=O) groups is 3. The van der Waals surface area contributed by atoms with Crippen molar-refractivity contribution in [1.29, 1.82) is 0 Å². The number of urea groups is 1. The summed E-state index contributed by atoms with van der Waals surface area (Å²) >= 11 is 6.39. The molecule has 1 aliphatic heterocycles. The van der Waals surface area contributed by atoms with Crippen molar-refractivity contribution in [3.63, 3.8) is 0 Å². The van der Waals surface area contributed by atoms with E-state index in [1.165, 1.54) is 6.08 Å². The summed E-state index contributed by atoms with van der Waals surface area (Å²) in [7, 11) is 0. The number of anilines is 1. The molecule has 0 bridgehead atoms. The maximum Gasteiger partial charge on any atom is 0.335 e. The largest absolute Gasteiger partial charge is 0.494 e. The van der Waals surface area contributed by atoms with Crippen LogP contribution in [0, 0.1) is 6.92 Å². The highest BCUT2D eigenvalue weighted by atomic mass is 35.5. The van der Waals surface area contributed by atoms with E-state index in [2.05, 4.69) is 5.32 Å². The van der Waals surface area contributed by atoms with Crippen LogP contribution in [-0.4, -0.2) is 24.5 Å². The highest BCUT2D eigenvalue weighted by Gasteiger charge is 2.36. The first-order chi connectivity index (χ1) is 16.9. The highest BCUT2D eigenvalue weighted by molar-refractivity contribution is 6.39. The van der Waals surface area contributed by atoms with Crippen LogP contribution in [0.4, 0.5) is 10.5 Å².